The third-order valence-corrected chi connectivity index (χ3v) is 4.59. The normalized spacial score (nSPS) is 22.6. The van der Waals surface area contributed by atoms with Crippen LogP contribution >= 0.6 is 0 Å². The van der Waals surface area contributed by atoms with Gasteiger partial charge in [0.2, 0.25) is 18.0 Å². The van der Waals surface area contributed by atoms with Crippen molar-refractivity contribution in [2.45, 2.75) is 62.9 Å². The first-order chi connectivity index (χ1) is 14.2. The number of hydroxylamine groups is 1. The molecule has 3 unspecified atom stereocenters. The van der Waals surface area contributed by atoms with E-state index < -0.39 is 48.5 Å². The number of carbonyl (C=O) groups excluding carboxylic acids is 2. The van der Waals surface area contributed by atoms with Gasteiger partial charge in [-0.15, -0.1) is 0 Å². The summed E-state index contributed by atoms with van der Waals surface area (Å²) in [4.78, 5) is 38.4. The van der Waals surface area contributed by atoms with Gasteiger partial charge in [-0.2, -0.15) is 13.8 Å². The molecule has 0 aliphatic carbocycles. The zero-order chi connectivity index (χ0) is 22.3. The Morgan fingerprint density at radius 1 is 1.20 bits per heavy atom. The molecule has 0 saturated carbocycles. The minimum absolute atomic E-state index is 0.124. The van der Waals surface area contributed by atoms with Gasteiger partial charge >= 0.3 is 11.6 Å². The molecular weight excluding hydrogens is 410 g/mol. The lowest BCUT2D eigenvalue weighted by atomic mass is 10.1. The summed E-state index contributed by atoms with van der Waals surface area (Å²) in [6.45, 7) is -0.849. The number of anilines is 1. The highest BCUT2D eigenvalue weighted by atomic mass is 19.3. The number of aliphatic hydroxyl groups is 2. The van der Waals surface area contributed by atoms with Crippen molar-refractivity contribution < 1.29 is 38.5 Å². The average molecular weight is 434 g/mol. The second-order valence-corrected chi connectivity index (χ2v) is 6.83. The minimum atomic E-state index is -3.82. The Hall–Kier alpha value is -2.48. The molecule has 2 amide bonds. The second kappa shape index (κ2) is 10.5. The fourth-order valence-corrected chi connectivity index (χ4v) is 2.97. The van der Waals surface area contributed by atoms with Crippen molar-refractivity contribution in [1.82, 2.24) is 15.0 Å². The van der Waals surface area contributed by atoms with Crippen LogP contribution in [-0.4, -0.2) is 61.5 Å². The number of halogens is 2. The summed E-state index contributed by atoms with van der Waals surface area (Å²) in [6, 6.07) is 1.14. The van der Waals surface area contributed by atoms with E-state index in [1.807, 2.05) is 0 Å². The van der Waals surface area contributed by atoms with Gasteiger partial charge in [0.25, 0.3) is 0 Å². The predicted octanol–water partition coefficient (Wildman–Crippen LogP) is -0.0863. The van der Waals surface area contributed by atoms with Gasteiger partial charge in [0.05, 0.1) is 6.61 Å². The fourth-order valence-electron chi connectivity index (χ4n) is 2.97. The first kappa shape index (κ1) is 23.8. The van der Waals surface area contributed by atoms with Gasteiger partial charge in [0, 0.05) is 19.0 Å². The monoisotopic (exact) mass is 434 g/mol. The van der Waals surface area contributed by atoms with Crippen LogP contribution in [0.2, 0.25) is 0 Å². The number of nitrogens with one attached hydrogen (secondary N) is 2. The molecule has 1 aliphatic rings. The van der Waals surface area contributed by atoms with Crippen molar-refractivity contribution in [3.63, 3.8) is 0 Å². The van der Waals surface area contributed by atoms with E-state index in [2.05, 4.69) is 10.3 Å². The summed E-state index contributed by atoms with van der Waals surface area (Å²) in [5.41, 5.74) is 0.409. The van der Waals surface area contributed by atoms with Crippen molar-refractivity contribution in [1.29, 1.82) is 0 Å². The second-order valence-electron chi connectivity index (χ2n) is 6.83. The number of carbonyl (C=O) groups is 2. The van der Waals surface area contributed by atoms with Crippen molar-refractivity contribution in [2.24, 2.45) is 0 Å². The van der Waals surface area contributed by atoms with Gasteiger partial charge in [-0.25, -0.2) is 10.3 Å². The van der Waals surface area contributed by atoms with Crippen LogP contribution in [0.4, 0.5) is 14.6 Å². The van der Waals surface area contributed by atoms with E-state index in [0.717, 1.165) is 12.3 Å². The first-order valence-corrected chi connectivity index (χ1v) is 9.35. The quantitative estimate of drug-likeness (QED) is 0.194. The molecular formula is C17H24F2N4O7. The van der Waals surface area contributed by atoms with Crippen LogP contribution in [0.15, 0.2) is 17.1 Å². The third kappa shape index (κ3) is 5.78. The summed E-state index contributed by atoms with van der Waals surface area (Å²) in [5.74, 6) is -4.84. The number of hydrogen-bond acceptors (Lipinski definition) is 8. The molecule has 11 nitrogen and oxygen atoms in total. The Balaban J connectivity index is 1.86. The molecule has 1 aromatic heterocycles. The highest BCUT2D eigenvalue weighted by Gasteiger charge is 2.59. The third-order valence-electron chi connectivity index (χ3n) is 4.59. The Labute approximate surface area is 169 Å². The highest BCUT2D eigenvalue weighted by molar-refractivity contribution is 5.89. The molecule has 1 aliphatic heterocycles. The van der Waals surface area contributed by atoms with Crippen LogP contribution in [0, 0.1) is 0 Å². The van der Waals surface area contributed by atoms with E-state index in [0.29, 0.717) is 30.3 Å². The molecule has 1 saturated heterocycles. The van der Waals surface area contributed by atoms with Crippen LogP contribution in [0.25, 0.3) is 0 Å². The standard InChI is InChI=1S/C17H24F2N4O7/c18-17(19)14(27)10(9-24)30-15(17)23-8-7-11(21-16(23)28)20-12(25)5-3-1-2-4-6-13(26)22-29/h7-8,10,14-15,24,27,29H,1-6,9H2,(H,22,26)(H,20,21,25,28). The summed E-state index contributed by atoms with van der Waals surface area (Å²) >= 11 is 0. The predicted molar refractivity (Wildman–Crippen MR) is 96.7 cm³/mol. The molecule has 3 atom stereocenters. The van der Waals surface area contributed by atoms with Crippen molar-refractivity contribution in [3.05, 3.63) is 22.7 Å². The zero-order valence-electron chi connectivity index (χ0n) is 16.0. The summed E-state index contributed by atoms with van der Waals surface area (Å²) in [5, 5.41) is 29.3. The number of nitrogens with zero attached hydrogens (tertiary/aromatic N) is 2. The summed E-state index contributed by atoms with van der Waals surface area (Å²) in [7, 11) is 0. The van der Waals surface area contributed by atoms with E-state index in [-0.39, 0.29) is 18.7 Å². The number of amides is 2. The van der Waals surface area contributed by atoms with E-state index in [4.69, 9.17) is 15.1 Å². The number of ether oxygens (including phenoxy) is 1. The molecule has 0 radical (unpaired) electrons. The number of aliphatic hydroxyl groups excluding tert-OH is 2. The maximum Gasteiger partial charge on any atom is 0.351 e. The average Bonchev–Trinajstić information content (AvgIpc) is 2.93. The van der Waals surface area contributed by atoms with E-state index in [1.165, 1.54) is 5.48 Å². The number of rotatable bonds is 10. The molecule has 0 spiro atoms. The maximum atomic E-state index is 14.1. The lowest BCUT2D eigenvalue weighted by Gasteiger charge is -2.21. The maximum absolute atomic E-state index is 14.1. The molecule has 0 bridgehead atoms. The van der Waals surface area contributed by atoms with Crippen LogP contribution in [0.5, 0.6) is 0 Å². The molecule has 0 aromatic carbocycles. The topological polar surface area (TPSA) is 163 Å². The first-order valence-electron chi connectivity index (χ1n) is 9.35. The Morgan fingerprint density at radius 3 is 2.37 bits per heavy atom. The molecule has 2 rings (SSSR count). The van der Waals surface area contributed by atoms with Crippen LogP contribution in [0.1, 0.15) is 44.8 Å². The van der Waals surface area contributed by atoms with Crippen molar-refractivity contribution >= 4 is 17.6 Å². The number of aromatic nitrogens is 2. The van der Waals surface area contributed by atoms with Crippen LogP contribution < -0.4 is 16.5 Å². The SMILES string of the molecule is O=C(CCCCCCC(=O)Nc1ccn(C2OC(CO)C(O)C2(F)F)c(=O)n1)NO. The molecule has 168 valence electrons. The zero-order valence-corrected chi connectivity index (χ0v) is 16.0. The van der Waals surface area contributed by atoms with Gasteiger partial charge in [0.1, 0.15) is 11.9 Å². The molecule has 30 heavy (non-hydrogen) atoms. The molecule has 1 fully saturated rings. The Bertz CT molecular complexity index is 805. The van der Waals surface area contributed by atoms with Crippen LogP contribution in [-0.2, 0) is 14.3 Å². The van der Waals surface area contributed by atoms with Gasteiger partial charge < -0.3 is 20.3 Å². The largest absolute Gasteiger partial charge is 0.394 e. The minimum Gasteiger partial charge on any atom is -0.394 e. The number of alkyl halides is 2. The van der Waals surface area contributed by atoms with Gasteiger partial charge in [0.15, 0.2) is 6.10 Å². The molecule has 13 heteroatoms. The molecule has 2 heterocycles. The number of unbranched alkanes of at least 4 members (excludes halogenated alkanes) is 3. The van der Waals surface area contributed by atoms with E-state index in [1.54, 1.807) is 0 Å². The fraction of sp³-hybridized carbons (Fsp3) is 0.647. The van der Waals surface area contributed by atoms with Gasteiger partial charge in [-0.1, -0.05) is 12.8 Å². The Kier molecular flexibility index (Phi) is 8.34. The highest BCUT2D eigenvalue weighted by Crippen LogP contribution is 2.41. The lowest BCUT2D eigenvalue weighted by Crippen LogP contribution is -2.41. The van der Waals surface area contributed by atoms with E-state index in [9.17, 15) is 28.3 Å². The van der Waals surface area contributed by atoms with Gasteiger partial charge in [-0.05, 0) is 18.9 Å². The van der Waals surface area contributed by atoms with Crippen molar-refractivity contribution in [2.75, 3.05) is 11.9 Å². The summed E-state index contributed by atoms with van der Waals surface area (Å²) in [6.07, 6.45) is -2.25. The van der Waals surface area contributed by atoms with E-state index >= 15 is 0 Å². The smallest absolute Gasteiger partial charge is 0.351 e. The Morgan fingerprint density at radius 2 is 1.83 bits per heavy atom. The molecule has 5 N–H and O–H groups in total. The number of hydrogen-bond donors (Lipinski definition) is 5. The van der Waals surface area contributed by atoms with Crippen molar-refractivity contribution in [3.8, 4) is 0 Å². The van der Waals surface area contributed by atoms with Gasteiger partial charge in [-0.3, -0.25) is 19.4 Å². The van der Waals surface area contributed by atoms with Crippen LogP contribution in [0.3, 0.4) is 0 Å². The lowest BCUT2D eigenvalue weighted by molar-refractivity contribution is -0.141. The molecule has 1 aromatic rings. The summed E-state index contributed by atoms with van der Waals surface area (Å²) < 4.78 is 33.6.